The topological polar surface area (TPSA) is 74.5 Å². The van der Waals surface area contributed by atoms with Gasteiger partial charge in [-0.25, -0.2) is 0 Å². The first-order chi connectivity index (χ1) is 11.6. The van der Waals surface area contributed by atoms with E-state index in [0.29, 0.717) is 24.6 Å². The summed E-state index contributed by atoms with van der Waals surface area (Å²) in [6.07, 6.45) is 2.07. The highest BCUT2D eigenvalue weighted by Gasteiger charge is 2.36. The average molecular weight is 328 g/mol. The third-order valence-corrected chi connectivity index (χ3v) is 4.38. The Morgan fingerprint density at radius 3 is 2.88 bits per heavy atom. The summed E-state index contributed by atoms with van der Waals surface area (Å²) in [6, 6.07) is 10.5. The smallest absolute Gasteiger partial charge is 0.251 e. The molecule has 1 saturated carbocycles. The summed E-state index contributed by atoms with van der Waals surface area (Å²) in [4.78, 5) is 11.9. The van der Waals surface area contributed by atoms with Crippen LogP contribution in [0.15, 0.2) is 40.8 Å². The van der Waals surface area contributed by atoms with Crippen LogP contribution in [0.25, 0.3) is 0 Å². The Kier molecular flexibility index (Phi) is 5.20. The van der Waals surface area contributed by atoms with Gasteiger partial charge in [0.25, 0.3) is 5.91 Å². The maximum absolute atomic E-state index is 11.9. The molecule has 0 saturated heterocycles. The summed E-state index contributed by atoms with van der Waals surface area (Å²) in [5, 5.41) is 15.5. The number of phenolic OH excluding ortho intramolecular Hbond substituents is 1. The van der Waals surface area contributed by atoms with Crippen LogP contribution in [0.2, 0.25) is 0 Å². The lowest BCUT2D eigenvalue weighted by molar-refractivity contribution is 0.0953. The molecule has 2 unspecified atom stereocenters. The predicted octanol–water partition coefficient (Wildman–Crippen LogP) is 3.02. The number of nitrogens with one attached hydrogen (secondary N) is 2. The van der Waals surface area contributed by atoms with Gasteiger partial charge in [0.2, 0.25) is 0 Å². The molecule has 5 nitrogen and oxygen atoms in total. The summed E-state index contributed by atoms with van der Waals surface area (Å²) in [7, 11) is 0. The van der Waals surface area contributed by atoms with E-state index in [2.05, 4.69) is 23.6 Å². The van der Waals surface area contributed by atoms with E-state index in [1.54, 1.807) is 18.2 Å². The average Bonchev–Trinajstić information content (AvgIpc) is 3.11. The summed E-state index contributed by atoms with van der Waals surface area (Å²) in [6.45, 7) is 4.35. The Hall–Kier alpha value is -2.27. The number of aromatic hydroxyl groups is 1. The number of benzene rings is 1. The summed E-state index contributed by atoms with van der Waals surface area (Å²) < 4.78 is 5.84. The molecule has 2 atom stereocenters. The van der Waals surface area contributed by atoms with Gasteiger partial charge in [0.05, 0.1) is 6.54 Å². The van der Waals surface area contributed by atoms with Gasteiger partial charge in [-0.15, -0.1) is 0 Å². The van der Waals surface area contributed by atoms with Crippen molar-refractivity contribution in [3.05, 3.63) is 53.5 Å². The number of hydrogen-bond donors (Lipinski definition) is 3. The molecule has 1 aromatic carbocycles. The van der Waals surface area contributed by atoms with Crippen molar-refractivity contribution in [3.8, 4) is 5.75 Å². The van der Waals surface area contributed by atoms with Crippen molar-refractivity contribution in [1.29, 1.82) is 0 Å². The van der Waals surface area contributed by atoms with Gasteiger partial charge in [-0.3, -0.25) is 4.79 Å². The molecule has 2 aromatic rings. The molecule has 0 spiro atoms. The lowest BCUT2D eigenvalue weighted by Gasteiger charge is -2.06. The van der Waals surface area contributed by atoms with E-state index in [-0.39, 0.29) is 11.7 Å². The number of amides is 1. The van der Waals surface area contributed by atoms with Gasteiger partial charge >= 0.3 is 0 Å². The van der Waals surface area contributed by atoms with E-state index < -0.39 is 0 Å². The first-order valence-corrected chi connectivity index (χ1v) is 8.50. The molecule has 5 heteroatoms. The van der Waals surface area contributed by atoms with E-state index >= 15 is 0 Å². The van der Waals surface area contributed by atoms with Crippen molar-refractivity contribution >= 4 is 5.91 Å². The van der Waals surface area contributed by atoms with E-state index in [4.69, 9.17) is 4.42 Å². The molecular formula is C19H24N2O3. The zero-order valence-electron chi connectivity index (χ0n) is 13.9. The molecule has 0 aliphatic heterocycles. The van der Waals surface area contributed by atoms with E-state index in [1.165, 1.54) is 12.5 Å². The number of carbonyl (C=O) groups is 1. The number of carbonyl (C=O) groups excluding carboxylic acids is 1. The fraction of sp³-hybridized carbons (Fsp3) is 0.421. The lowest BCUT2D eigenvalue weighted by Crippen LogP contribution is -2.27. The fourth-order valence-corrected chi connectivity index (χ4v) is 2.78. The SMILES string of the molecule is CC1CC1c1ccc(CNCCCNC(=O)c2cccc(O)c2)o1. The largest absolute Gasteiger partial charge is 0.508 e. The van der Waals surface area contributed by atoms with Crippen LogP contribution in [0.3, 0.4) is 0 Å². The quantitative estimate of drug-likeness (QED) is 0.651. The third kappa shape index (κ3) is 4.38. The molecule has 1 amide bonds. The number of phenols is 1. The maximum Gasteiger partial charge on any atom is 0.251 e. The van der Waals surface area contributed by atoms with Gasteiger partial charge in [-0.2, -0.15) is 0 Å². The molecule has 128 valence electrons. The Bertz CT molecular complexity index is 695. The van der Waals surface area contributed by atoms with E-state index in [9.17, 15) is 9.90 Å². The predicted molar refractivity (Wildman–Crippen MR) is 92.0 cm³/mol. The Labute approximate surface area is 142 Å². The highest BCUT2D eigenvalue weighted by atomic mass is 16.3. The summed E-state index contributed by atoms with van der Waals surface area (Å²) in [5.41, 5.74) is 0.473. The maximum atomic E-state index is 11.9. The van der Waals surface area contributed by atoms with Crippen molar-refractivity contribution in [3.63, 3.8) is 0 Å². The fourth-order valence-electron chi connectivity index (χ4n) is 2.78. The minimum absolute atomic E-state index is 0.0997. The van der Waals surface area contributed by atoms with Gasteiger partial charge in [0.15, 0.2) is 0 Å². The van der Waals surface area contributed by atoms with Crippen LogP contribution in [-0.2, 0) is 6.54 Å². The Morgan fingerprint density at radius 1 is 1.29 bits per heavy atom. The molecule has 3 N–H and O–H groups in total. The monoisotopic (exact) mass is 328 g/mol. The van der Waals surface area contributed by atoms with Gasteiger partial charge in [-0.05, 0) is 55.6 Å². The number of furan rings is 1. The lowest BCUT2D eigenvalue weighted by atomic mass is 10.2. The van der Waals surface area contributed by atoms with Crippen LogP contribution < -0.4 is 10.6 Å². The van der Waals surface area contributed by atoms with Crippen molar-refractivity contribution in [2.45, 2.75) is 32.2 Å². The first kappa shape index (κ1) is 16.6. The minimum atomic E-state index is -0.167. The zero-order valence-corrected chi connectivity index (χ0v) is 13.9. The van der Waals surface area contributed by atoms with Crippen LogP contribution in [0.1, 0.15) is 47.6 Å². The van der Waals surface area contributed by atoms with E-state index in [1.807, 2.05) is 6.07 Å². The standard InChI is InChI=1S/C19H24N2O3/c1-13-10-17(13)18-7-6-16(24-18)12-20-8-3-9-21-19(23)14-4-2-5-15(22)11-14/h2,4-7,11,13,17,20,22H,3,8-10,12H2,1H3,(H,21,23). The van der Waals surface area contributed by atoms with Crippen molar-refractivity contribution in [2.75, 3.05) is 13.1 Å². The molecular weight excluding hydrogens is 304 g/mol. The van der Waals surface area contributed by atoms with Crippen LogP contribution in [0, 0.1) is 5.92 Å². The van der Waals surface area contributed by atoms with Gasteiger partial charge in [0.1, 0.15) is 17.3 Å². The van der Waals surface area contributed by atoms with Crippen molar-refractivity contribution in [1.82, 2.24) is 10.6 Å². The number of hydrogen-bond acceptors (Lipinski definition) is 4. The molecule has 1 fully saturated rings. The second-order valence-electron chi connectivity index (χ2n) is 6.46. The zero-order chi connectivity index (χ0) is 16.9. The van der Waals surface area contributed by atoms with Crippen LogP contribution in [-0.4, -0.2) is 24.1 Å². The van der Waals surface area contributed by atoms with Crippen LogP contribution >= 0.6 is 0 Å². The normalized spacial score (nSPS) is 19.2. The van der Waals surface area contributed by atoms with E-state index in [0.717, 1.165) is 30.4 Å². The van der Waals surface area contributed by atoms with Crippen molar-refractivity contribution in [2.24, 2.45) is 5.92 Å². The van der Waals surface area contributed by atoms with Crippen LogP contribution in [0.4, 0.5) is 0 Å². The minimum Gasteiger partial charge on any atom is -0.508 e. The van der Waals surface area contributed by atoms with Crippen molar-refractivity contribution < 1.29 is 14.3 Å². The molecule has 0 radical (unpaired) electrons. The molecule has 3 rings (SSSR count). The van der Waals surface area contributed by atoms with Gasteiger partial charge in [0, 0.05) is 18.0 Å². The second kappa shape index (κ2) is 7.53. The Morgan fingerprint density at radius 2 is 2.12 bits per heavy atom. The molecule has 1 heterocycles. The summed E-state index contributed by atoms with van der Waals surface area (Å²) in [5.74, 6) is 3.38. The van der Waals surface area contributed by atoms with Crippen LogP contribution in [0.5, 0.6) is 5.75 Å². The summed E-state index contributed by atoms with van der Waals surface area (Å²) >= 11 is 0. The third-order valence-electron chi connectivity index (χ3n) is 4.38. The molecule has 24 heavy (non-hydrogen) atoms. The molecule has 1 aromatic heterocycles. The second-order valence-corrected chi connectivity index (χ2v) is 6.46. The molecule has 0 bridgehead atoms. The highest BCUT2D eigenvalue weighted by Crippen LogP contribution is 2.47. The number of rotatable bonds is 8. The highest BCUT2D eigenvalue weighted by molar-refractivity contribution is 5.94. The van der Waals surface area contributed by atoms with Gasteiger partial charge < -0.3 is 20.2 Å². The Balaban J connectivity index is 1.30. The molecule has 1 aliphatic carbocycles. The first-order valence-electron chi connectivity index (χ1n) is 8.50. The molecule has 1 aliphatic rings. The van der Waals surface area contributed by atoms with Gasteiger partial charge in [-0.1, -0.05) is 13.0 Å².